The minimum atomic E-state index is 0.365. The van der Waals surface area contributed by atoms with Crippen molar-refractivity contribution < 1.29 is 4.74 Å². The molecule has 4 rings (SSSR count). The van der Waals surface area contributed by atoms with Gasteiger partial charge in [0, 0.05) is 25.2 Å². The molecule has 3 aromatic carbocycles. The Hall–Kier alpha value is -2.62. The molecule has 0 saturated heterocycles. The van der Waals surface area contributed by atoms with Crippen LogP contribution in [0.4, 0.5) is 0 Å². The molecule has 0 radical (unpaired) electrons. The maximum absolute atomic E-state index is 6.18. The Bertz CT molecular complexity index is 932. The second kappa shape index (κ2) is 9.92. The average Bonchev–Trinajstić information content (AvgIpc) is 2.75. The van der Waals surface area contributed by atoms with Crippen molar-refractivity contribution in [2.75, 3.05) is 0 Å². The number of ether oxygens (including phenoxy) is 1. The second-order valence-electron chi connectivity index (χ2n) is 8.53. The van der Waals surface area contributed by atoms with Gasteiger partial charge in [-0.25, -0.2) is 0 Å². The summed E-state index contributed by atoms with van der Waals surface area (Å²) in [5, 5.41) is 0. The third-order valence-corrected chi connectivity index (χ3v) is 5.99. The van der Waals surface area contributed by atoms with Gasteiger partial charge in [-0.1, -0.05) is 60.2 Å². The Balaban J connectivity index is 1.51. The molecule has 3 aromatic rings. The van der Waals surface area contributed by atoms with Crippen LogP contribution in [0.1, 0.15) is 42.4 Å². The minimum absolute atomic E-state index is 0.365. The van der Waals surface area contributed by atoms with Gasteiger partial charge in [-0.2, -0.15) is 0 Å². The highest BCUT2D eigenvalue weighted by atomic mass is 16.5. The highest BCUT2D eigenvalue weighted by molar-refractivity contribution is 5.34. The van der Waals surface area contributed by atoms with Crippen LogP contribution in [-0.2, 0) is 13.1 Å². The first-order valence-corrected chi connectivity index (χ1v) is 11.0. The van der Waals surface area contributed by atoms with E-state index < -0.39 is 0 Å². The molecule has 2 N–H and O–H groups in total. The molecule has 0 spiro atoms. The summed E-state index contributed by atoms with van der Waals surface area (Å²) in [6.07, 6.45) is 4.58. The molecule has 0 aliphatic heterocycles. The lowest BCUT2D eigenvalue weighted by molar-refractivity contribution is 0.134. The number of nitrogens with zero attached hydrogens (tertiary/aromatic N) is 1. The third-order valence-electron chi connectivity index (χ3n) is 5.99. The molecule has 0 aromatic heterocycles. The average molecular weight is 401 g/mol. The smallest absolute Gasteiger partial charge is 0.127 e. The van der Waals surface area contributed by atoms with Gasteiger partial charge in [0.25, 0.3) is 0 Å². The molecular formula is C27H32N2O. The molecule has 0 amide bonds. The van der Waals surface area contributed by atoms with Crippen LogP contribution < -0.4 is 10.5 Å². The zero-order valence-corrected chi connectivity index (χ0v) is 17.8. The van der Waals surface area contributed by atoms with E-state index in [1.165, 1.54) is 29.5 Å². The molecule has 0 bridgehead atoms. The Morgan fingerprint density at radius 2 is 1.40 bits per heavy atom. The van der Waals surface area contributed by atoms with Gasteiger partial charge in [-0.05, 0) is 68.0 Å². The van der Waals surface area contributed by atoms with Crippen molar-refractivity contribution in [2.24, 2.45) is 5.73 Å². The number of para-hydroxylation sites is 1. The van der Waals surface area contributed by atoms with Crippen molar-refractivity contribution in [3.8, 4) is 11.5 Å². The van der Waals surface area contributed by atoms with Crippen LogP contribution in [0.15, 0.2) is 78.9 Å². The molecule has 1 aliphatic carbocycles. The van der Waals surface area contributed by atoms with Crippen molar-refractivity contribution in [1.82, 2.24) is 4.90 Å². The number of rotatable bonds is 7. The van der Waals surface area contributed by atoms with E-state index in [-0.39, 0.29) is 0 Å². The van der Waals surface area contributed by atoms with Gasteiger partial charge >= 0.3 is 0 Å². The van der Waals surface area contributed by atoms with E-state index in [1.807, 2.05) is 36.4 Å². The van der Waals surface area contributed by atoms with E-state index in [0.29, 0.717) is 12.1 Å². The lowest BCUT2D eigenvalue weighted by Crippen LogP contribution is -2.40. The van der Waals surface area contributed by atoms with Gasteiger partial charge < -0.3 is 10.5 Å². The number of hydrogen-bond donors (Lipinski definition) is 1. The summed E-state index contributed by atoms with van der Waals surface area (Å²) < 4.78 is 6.06. The van der Waals surface area contributed by atoms with Crippen LogP contribution in [0.3, 0.4) is 0 Å². The van der Waals surface area contributed by atoms with Crippen LogP contribution in [0, 0.1) is 6.92 Å². The zero-order chi connectivity index (χ0) is 20.8. The topological polar surface area (TPSA) is 38.5 Å². The summed E-state index contributed by atoms with van der Waals surface area (Å²) in [5.74, 6) is 1.76. The fourth-order valence-corrected chi connectivity index (χ4v) is 4.39. The highest BCUT2D eigenvalue weighted by Crippen LogP contribution is 2.27. The molecule has 3 heteroatoms. The largest absolute Gasteiger partial charge is 0.457 e. The Kier molecular flexibility index (Phi) is 6.83. The second-order valence-corrected chi connectivity index (χ2v) is 8.53. The number of hydrogen-bond acceptors (Lipinski definition) is 3. The molecule has 0 heterocycles. The van der Waals surface area contributed by atoms with Gasteiger partial charge in [-0.3, -0.25) is 4.90 Å². The molecule has 0 atom stereocenters. The number of benzene rings is 3. The van der Waals surface area contributed by atoms with Crippen molar-refractivity contribution in [3.63, 3.8) is 0 Å². The predicted octanol–water partition coefficient (Wildman–Crippen LogP) is 6.06. The molecule has 1 saturated carbocycles. The van der Waals surface area contributed by atoms with Gasteiger partial charge in [0.2, 0.25) is 0 Å². The standard InChI is InChI=1S/C27H32N2O/c1-21-7-5-8-22(17-21)19-29(25-15-13-24(28)14-16-25)20-23-9-6-12-27(18-23)30-26-10-3-2-4-11-26/h2-12,17-18,24-25H,13-16,19-20,28H2,1H3. The fraction of sp³-hybridized carbons (Fsp3) is 0.333. The van der Waals surface area contributed by atoms with Gasteiger partial charge in [0.1, 0.15) is 11.5 Å². The van der Waals surface area contributed by atoms with Crippen LogP contribution in [-0.4, -0.2) is 17.0 Å². The van der Waals surface area contributed by atoms with Crippen molar-refractivity contribution in [1.29, 1.82) is 0 Å². The van der Waals surface area contributed by atoms with Crippen LogP contribution in [0.5, 0.6) is 11.5 Å². The summed E-state index contributed by atoms with van der Waals surface area (Å²) in [6, 6.07) is 28.3. The maximum atomic E-state index is 6.18. The van der Waals surface area contributed by atoms with E-state index in [1.54, 1.807) is 0 Å². The molecule has 0 unspecified atom stereocenters. The first kappa shape index (κ1) is 20.6. The minimum Gasteiger partial charge on any atom is -0.457 e. The first-order chi connectivity index (χ1) is 14.7. The van der Waals surface area contributed by atoms with Crippen LogP contribution in [0.2, 0.25) is 0 Å². The van der Waals surface area contributed by atoms with Crippen molar-refractivity contribution >= 4 is 0 Å². The van der Waals surface area contributed by atoms with E-state index >= 15 is 0 Å². The third kappa shape index (κ3) is 5.71. The zero-order valence-electron chi connectivity index (χ0n) is 17.8. The number of nitrogens with two attached hydrogens (primary N) is 1. The quantitative estimate of drug-likeness (QED) is 0.524. The van der Waals surface area contributed by atoms with Crippen LogP contribution >= 0.6 is 0 Å². The summed E-state index contributed by atoms with van der Waals surface area (Å²) in [5.41, 5.74) is 10.2. The lowest BCUT2D eigenvalue weighted by atomic mass is 9.90. The summed E-state index contributed by atoms with van der Waals surface area (Å²) >= 11 is 0. The summed E-state index contributed by atoms with van der Waals surface area (Å²) in [7, 11) is 0. The normalized spacial score (nSPS) is 19.0. The molecule has 30 heavy (non-hydrogen) atoms. The van der Waals surface area contributed by atoms with Crippen molar-refractivity contribution in [3.05, 3.63) is 95.6 Å². The Morgan fingerprint density at radius 1 is 0.767 bits per heavy atom. The van der Waals surface area contributed by atoms with E-state index in [0.717, 1.165) is 37.4 Å². The first-order valence-electron chi connectivity index (χ1n) is 11.0. The van der Waals surface area contributed by atoms with E-state index in [4.69, 9.17) is 10.5 Å². The monoisotopic (exact) mass is 400 g/mol. The van der Waals surface area contributed by atoms with Crippen LogP contribution in [0.25, 0.3) is 0 Å². The van der Waals surface area contributed by atoms with Gasteiger partial charge in [0.15, 0.2) is 0 Å². The lowest BCUT2D eigenvalue weighted by Gasteiger charge is -2.36. The molecular weight excluding hydrogens is 368 g/mol. The van der Waals surface area contributed by atoms with Crippen molar-refractivity contribution in [2.45, 2.75) is 57.8 Å². The Labute approximate surface area is 180 Å². The predicted molar refractivity (Wildman–Crippen MR) is 124 cm³/mol. The highest BCUT2D eigenvalue weighted by Gasteiger charge is 2.24. The maximum Gasteiger partial charge on any atom is 0.127 e. The fourth-order valence-electron chi connectivity index (χ4n) is 4.39. The molecule has 156 valence electrons. The number of aryl methyl sites for hydroxylation is 1. The molecule has 1 aliphatic rings. The molecule has 1 fully saturated rings. The Morgan fingerprint density at radius 3 is 2.10 bits per heavy atom. The molecule has 3 nitrogen and oxygen atoms in total. The van der Waals surface area contributed by atoms with E-state index in [2.05, 4.69) is 54.3 Å². The van der Waals surface area contributed by atoms with Gasteiger partial charge in [0.05, 0.1) is 0 Å². The summed E-state index contributed by atoms with van der Waals surface area (Å²) in [4.78, 5) is 2.63. The van der Waals surface area contributed by atoms with E-state index in [9.17, 15) is 0 Å². The summed E-state index contributed by atoms with van der Waals surface area (Å²) in [6.45, 7) is 4.04. The SMILES string of the molecule is Cc1cccc(CN(Cc2cccc(Oc3ccccc3)c2)C2CCC(N)CC2)c1. The van der Waals surface area contributed by atoms with Gasteiger partial charge in [-0.15, -0.1) is 0 Å².